The monoisotopic (exact) mass is 291 g/mol. The van der Waals surface area contributed by atoms with Crippen LogP contribution in [0.5, 0.6) is 0 Å². The maximum Gasteiger partial charge on any atom is 0.303 e. The van der Waals surface area contributed by atoms with Gasteiger partial charge in [0.05, 0.1) is 6.61 Å². The first kappa shape index (κ1) is 14.8. The molecule has 0 bridgehead atoms. The number of carboxylic acid groups (broad SMARTS) is 1. The van der Waals surface area contributed by atoms with Crippen LogP contribution in [0.4, 0.5) is 0 Å². The van der Waals surface area contributed by atoms with E-state index in [0.717, 1.165) is 11.1 Å². The summed E-state index contributed by atoms with van der Waals surface area (Å²) in [6, 6.07) is 0. The number of carbonyl (C=O) groups is 2. The number of aromatic nitrogens is 1. The number of H-pyrrole nitrogens is 1. The van der Waals surface area contributed by atoms with Gasteiger partial charge in [0.15, 0.2) is 0 Å². The Labute approximate surface area is 121 Å². The molecule has 7 heteroatoms. The Hall–Kier alpha value is -2.57. The summed E-state index contributed by atoms with van der Waals surface area (Å²) in [6.07, 6.45) is 3.86. The predicted molar refractivity (Wildman–Crippen MR) is 76.7 cm³/mol. The highest BCUT2D eigenvalue weighted by Crippen LogP contribution is 2.20. The summed E-state index contributed by atoms with van der Waals surface area (Å²) in [7, 11) is 0. The lowest BCUT2D eigenvalue weighted by Gasteiger charge is -2.04. The molecule has 2 rings (SSSR count). The standard InChI is InChI=1S/C14H17N3O4/c1-3-21-14-10(13(20)16-17-14)6-11-9(4-5-12(18)19)8(2)7-15-11/h6-7,15H,3-5H2,1-2H3,(H,16,20)(H,18,19). The van der Waals surface area contributed by atoms with E-state index in [9.17, 15) is 9.59 Å². The van der Waals surface area contributed by atoms with Crippen molar-refractivity contribution in [2.45, 2.75) is 26.7 Å². The number of ether oxygens (including phenoxy) is 1. The highest BCUT2D eigenvalue weighted by molar-refractivity contribution is 6.24. The van der Waals surface area contributed by atoms with E-state index in [4.69, 9.17) is 9.84 Å². The molecule has 1 aliphatic heterocycles. The van der Waals surface area contributed by atoms with E-state index in [1.54, 1.807) is 19.2 Å². The number of carboxylic acids is 1. The molecule has 1 aromatic heterocycles. The number of nitrogens with zero attached hydrogens (tertiary/aromatic N) is 1. The normalized spacial score (nSPS) is 16.0. The topological polar surface area (TPSA) is 104 Å². The molecule has 0 saturated heterocycles. The summed E-state index contributed by atoms with van der Waals surface area (Å²) >= 11 is 0. The summed E-state index contributed by atoms with van der Waals surface area (Å²) < 4.78 is 5.29. The van der Waals surface area contributed by atoms with Crippen molar-refractivity contribution in [3.8, 4) is 0 Å². The van der Waals surface area contributed by atoms with Gasteiger partial charge in [-0.2, -0.15) is 0 Å². The SMILES string of the molecule is CCOC1=NNC(=O)C1=Cc1[nH]cc(C)c1CCC(=O)O. The molecular weight excluding hydrogens is 274 g/mol. The Morgan fingerprint density at radius 2 is 2.29 bits per heavy atom. The lowest BCUT2D eigenvalue weighted by atomic mass is 10.0. The fraction of sp³-hybridized carbons (Fsp3) is 0.357. The minimum atomic E-state index is -0.857. The summed E-state index contributed by atoms with van der Waals surface area (Å²) in [5, 5.41) is 12.6. The third-order valence-electron chi connectivity index (χ3n) is 3.14. The average Bonchev–Trinajstić information content (AvgIpc) is 2.95. The van der Waals surface area contributed by atoms with Gasteiger partial charge in [-0.1, -0.05) is 0 Å². The van der Waals surface area contributed by atoms with Crippen LogP contribution in [0.3, 0.4) is 0 Å². The number of nitrogens with one attached hydrogen (secondary N) is 2. The van der Waals surface area contributed by atoms with Gasteiger partial charge in [0.25, 0.3) is 5.91 Å². The highest BCUT2D eigenvalue weighted by atomic mass is 16.5. The van der Waals surface area contributed by atoms with Crippen LogP contribution < -0.4 is 5.43 Å². The summed E-state index contributed by atoms with van der Waals surface area (Å²) in [5.74, 6) is -0.946. The molecule has 1 aromatic rings. The minimum Gasteiger partial charge on any atom is -0.481 e. The van der Waals surface area contributed by atoms with E-state index in [1.807, 2.05) is 6.92 Å². The summed E-state index contributed by atoms with van der Waals surface area (Å²) in [6.45, 7) is 4.10. The Bertz CT molecular complexity index is 628. The lowest BCUT2D eigenvalue weighted by Crippen LogP contribution is -2.14. The van der Waals surface area contributed by atoms with Gasteiger partial charge < -0.3 is 14.8 Å². The van der Waals surface area contributed by atoms with Gasteiger partial charge in [-0.05, 0) is 37.5 Å². The molecular formula is C14H17N3O4. The number of rotatable bonds is 5. The van der Waals surface area contributed by atoms with Crippen molar-refractivity contribution in [1.82, 2.24) is 10.4 Å². The predicted octanol–water partition coefficient (Wildman–Crippen LogP) is 1.20. The molecule has 0 spiro atoms. The number of aromatic amines is 1. The van der Waals surface area contributed by atoms with Gasteiger partial charge in [0.1, 0.15) is 5.57 Å². The van der Waals surface area contributed by atoms with E-state index < -0.39 is 5.97 Å². The molecule has 0 fully saturated rings. The first-order valence-electron chi connectivity index (χ1n) is 6.64. The molecule has 2 heterocycles. The van der Waals surface area contributed by atoms with Crippen molar-refractivity contribution in [2.24, 2.45) is 5.10 Å². The van der Waals surface area contributed by atoms with Crippen LogP contribution in [-0.2, 0) is 20.7 Å². The van der Waals surface area contributed by atoms with E-state index >= 15 is 0 Å². The molecule has 3 N–H and O–H groups in total. The van der Waals surface area contributed by atoms with Gasteiger partial charge >= 0.3 is 5.97 Å². The van der Waals surface area contributed by atoms with Gasteiger partial charge in [-0.25, -0.2) is 5.43 Å². The van der Waals surface area contributed by atoms with Crippen LogP contribution in [0.25, 0.3) is 6.08 Å². The second-order valence-corrected chi connectivity index (χ2v) is 4.61. The fourth-order valence-corrected chi connectivity index (χ4v) is 2.10. The van der Waals surface area contributed by atoms with Crippen molar-refractivity contribution in [2.75, 3.05) is 6.61 Å². The maximum atomic E-state index is 11.8. The number of hydrazone groups is 1. The van der Waals surface area contributed by atoms with Crippen molar-refractivity contribution < 1.29 is 19.4 Å². The van der Waals surface area contributed by atoms with E-state index in [1.165, 1.54) is 0 Å². The summed E-state index contributed by atoms with van der Waals surface area (Å²) in [4.78, 5) is 25.5. The molecule has 112 valence electrons. The van der Waals surface area contributed by atoms with Crippen LogP contribution in [0, 0.1) is 6.92 Å². The Morgan fingerprint density at radius 1 is 1.52 bits per heavy atom. The Balaban J connectivity index is 2.29. The average molecular weight is 291 g/mol. The molecule has 0 radical (unpaired) electrons. The number of amides is 1. The first-order chi connectivity index (χ1) is 10.0. The molecule has 0 saturated carbocycles. The molecule has 21 heavy (non-hydrogen) atoms. The van der Waals surface area contributed by atoms with Crippen molar-refractivity contribution in [1.29, 1.82) is 0 Å². The van der Waals surface area contributed by atoms with Gasteiger partial charge in [-0.15, -0.1) is 5.10 Å². The van der Waals surface area contributed by atoms with Crippen LogP contribution in [0.15, 0.2) is 16.9 Å². The van der Waals surface area contributed by atoms with Gasteiger partial charge in [-0.3, -0.25) is 9.59 Å². The molecule has 0 aromatic carbocycles. The van der Waals surface area contributed by atoms with E-state index in [-0.39, 0.29) is 18.2 Å². The summed E-state index contributed by atoms with van der Waals surface area (Å²) in [5.41, 5.74) is 5.21. The molecule has 0 aliphatic carbocycles. The van der Waals surface area contributed by atoms with Gasteiger partial charge in [0, 0.05) is 18.3 Å². The smallest absolute Gasteiger partial charge is 0.303 e. The Morgan fingerprint density at radius 3 is 2.95 bits per heavy atom. The highest BCUT2D eigenvalue weighted by Gasteiger charge is 2.24. The van der Waals surface area contributed by atoms with Crippen LogP contribution >= 0.6 is 0 Å². The zero-order valence-corrected chi connectivity index (χ0v) is 11.9. The van der Waals surface area contributed by atoms with Crippen LogP contribution in [0.2, 0.25) is 0 Å². The fourth-order valence-electron chi connectivity index (χ4n) is 2.10. The van der Waals surface area contributed by atoms with Crippen LogP contribution in [0.1, 0.15) is 30.2 Å². The molecule has 0 unspecified atom stereocenters. The van der Waals surface area contributed by atoms with Gasteiger partial charge in [0.2, 0.25) is 5.90 Å². The largest absolute Gasteiger partial charge is 0.481 e. The second-order valence-electron chi connectivity index (χ2n) is 4.61. The van der Waals surface area contributed by atoms with Crippen molar-refractivity contribution in [3.63, 3.8) is 0 Å². The quantitative estimate of drug-likeness (QED) is 0.709. The molecule has 0 atom stereocenters. The lowest BCUT2D eigenvalue weighted by molar-refractivity contribution is -0.137. The first-order valence-corrected chi connectivity index (χ1v) is 6.64. The third-order valence-corrected chi connectivity index (χ3v) is 3.14. The van der Waals surface area contributed by atoms with Crippen molar-refractivity contribution in [3.05, 3.63) is 28.6 Å². The number of aliphatic carboxylic acids is 1. The van der Waals surface area contributed by atoms with Crippen LogP contribution in [-0.4, -0.2) is 34.5 Å². The number of hydrogen-bond donors (Lipinski definition) is 3. The van der Waals surface area contributed by atoms with Crippen molar-refractivity contribution >= 4 is 23.9 Å². The number of carbonyl (C=O) groups excluding carboxylic acids is 1. The number of hydrogen-bond acceptors (Lipinski definition) is 4. The molecule has 7 nitrogen and oxygen atoms in total. The minimum absolute atomic E-state index is 0.0352. The molecule has 1 aliphatic rings. The zero-order valence-electron chi connectivity index (χ0n) is 11.9. The third kappa shape index (κ3) is 3.31. The maximum absolute atomic E-state index is 11.8. The Kier molecular flexibility index (Phi) is 4.42. The zero-order chi connectivity index (χ0) is 15.4. The van der Waals surface area contributed by atoms with E-state index in [2.05, 4.69) is 15.5 Å². The number of aryl methyl sites for hydroxylation is 1. The molecule has 1 amide bonds. The second kappa shape index (κ2) is 6.25. The van der Waals surface area contributed by atoms with E-state index in [0.29, 0.717) is 24.3 Å².